The van der Waals surface area contributed by atoms with Crippen molar-refractivity contribution >= 4 is 17.6 Å². The number of ether oxygens (including phenoxy) is 2. The molecule has 0 aliphatic carbocycles. The lowest BCUT2D eigenvalue weighted by molar-refractivity contribution is -0.159. The number of piperazine rings is 1. The molecule has 4 rings (SSSR count). The van der Waals surface area contributed by atoms with E-state index >= 15 is 0 Å². The fourth-order valence-corrected chi connectivity index (χ4v) is 4.78. The lowest BCUT2D eigenvalue weighted by Gasteiger charge is -2.43. The highest BCUT2D eigenvalue weighted by molar-refractivity contribution is 6.27. The maximum absolute atomic E-state index is 9.10. The van der Waals surface area contributed by atoms with Gasteiger partial charge in [0.15, 0.2) is 0 Å². The van der Waals surface area contributed by atoms with Crippen LogP contribution in [0.4, 0.5) is 5.69 Å². The molecule has 2 aromatic carbocycles. The van der Waals surface area contributed by atoms with Crippen molar-refractivity contribution in [1.29, 1.82) is 0 Å². The van der Waals surface area contributed by atoms with E-state index in [1.165, 1.54) is 37.2 Å². The van der Waals surface area contributed by atoms with Crippen molar-refractivity contribution < 1.29 is 29.3 Å². The molecule has 2 fully saturated rings. The van der Waals surface area contributed by atoms with Crippen molar-refractivity contribution in [2.24, 2.45) is 0 Å². The largest absolute Gasteiger partial charge is 0.495 e. The summed E-state index contributed by atoms with van der Waals surface area (Å²) in [5.41, 5.74) is 2.60. The van der Waals surface area contributed by atoms with Gasteiger partial charge < -0.3 is 24.6 Å². The lowest BCUT2D eigenvalue weighted by atomic mass is 10.0. The first kappa shape index (κ1) is 27.3. The molecule has 9 nitrogen and oxygen atoms in total. The lowest BCUT2D eigenvalue weighted by Crippen LogP contribution is -2.53. The predicted octanol–water partition coefficient (Wildman–Crippen LogP) is 3.04. The fraction of sp³-hybridized carbons (Fsp3) is 0.481. The minimum Gasteiger partial charge on any atom is -0.495 e. The molecule has 2 aliphatic heterocycles. The molecule has 0 unspecified atom stereocenters. The van der Waals surface area contributed by atoms with Crippen molar-refractivity contribution in [3.8, 4) is 11.5 Å². The summed E-state index contributed by atoms with van der Waals surface area (Å²) in [6, 6.07) is 17.7. The number of para-hydroxylation sites is 2. The minimum absolute atomic E-state index is 0.722. The standard InChI is InChI=1S/C25H35N3O2.C2H2O4/c1-3-30-23-10-8-21(9-11-23)20-26-14-12-22(13-15-26)27-16-18-28(19-17-27)24-6-4-5-7-25(24)29-2;3-1(4)2(5)6/h4-11,22H,3,12-20H2,1-2H3;(H,3,4)(H,5,6). The van der Waals surface area contributed by atoms with E-state index in [2.05, 4.69) is 57.2 Å². The summed E-state index contributed by atoms with van der Waals surface area (Å²) in [5.74, 6) is -1.70. The van der Waals surface area contributed by atoms with Crippen LogP contribution in [0.15, 0.2) is 48.5 Å². The zero-order valence-corrected chi connectivity index (χ0v) is 21.1. The van der Waals surface area contributed by atoms with Crippen LogP contribution in [-0.4, -0.2) is 91.0 Å². The maximum Gasteiger partial charge on any atom is 0.414 e. The summed E-state index contributed by atoms with van der Waals surface area (Å²) < 4.78 is 11.1. The van der Waals surface area contributed by atoms with Crippen molar-refractivity contribution in [2.45, 2.75) is 32.4 Å². The summed E-state index contributed by atoms with van der Waals surface area (Å²) in [4.78, 5) is 26.0. The number of carbonyl (C=O) groups is 2. The summed E-state index contributed by atoms with van der Waals surface area (Å²) in [6.07, 6.45) is 2.54. The summed E-state index contributed by atoms with van der Waals surface area (Å²) >= 11 is 0. The molecule has 2 N–H and O–H groups in total. The molecule has 0 radical (unpaired) electrons. The number of aliphatic carboxylic acids is 2. The van der Waals surface area contributed by atoms with E-state index in [1.54, 1.807) is 7.11 Å². The second-order valence-electron chi connectivity index (χ2n) is 8.89. The topological polar surface area (TPSA) is 103 Å². The van der Waals surface area contributed by atoms with E-state index in [-0.39, 0.29) is 0 Å². The normalized spacial score (nSPS) is 17.1. The molecule has 2 saturated heterocycles. The van der Waals surface area contributed by atoms with E-state index in [0.29, 0.717) is 0 Å². The van der Waals surface area contributed by atoms with Crippen molar-refractivity contribution in [3.63, 3.8) is 0 Å². The van der Waals surface area contributed by atoms with Gasteiger partial charge in [-0.25, -0.2) is 9.59 Å². The van der Waals surface area contributed by atoms with E-state index in [4.69, 9.17) is 29.3 Å². The van der Waals surface area contributed by atoms with Crippen molar-refractivity contribution in [3.05, 3.63) is 54.1 Å². The number of hydrogen-bond donors (Lipinski definition) is 2. The van der Waals surface area contributed by atoms with Gasteiger partial charge in [0.05, 0.1) is 19.4 Å². The van der Waals surface area contributed by atoms with E-state index in [9.17, 15) is 0 Å². The van der Waals surface area contributed by atoms with Gasteiger partial charge in [-0.05, 0) is 62.7 Å². The molecule has 0 atom stereocenters. The third-order valence-corrected chi connectivity index (χ3v) is 6.64. The maximum atomic E-state index is 9.10. The third-order valence-electron chi connectivity index (χ3n) is 6.64. The molecule has 196 valence electrons. The van der Waals surface area contributed by atoms with Gasteiger partial charge in [-0.3, -0.25) is 9.80 Å². The van der Waals surface area contributed by atoms with Crippen molar-refractivity contribution in [2.75, 3.05) is 57.9 Å². The van der Waals surface area contributed by atoms with Crippen LogP contribution < -0.4 is 14.4 Å². The number of nitrogens with zero attached hydrogens (tertiary/aromatic N) is 3. The highest BCUT2D eigenvalue weighted by atomic mass is 16.5. The summed E-state index contributed by atoms with van der Waals surface area (Å²) in [7, 11) is 1.76. The molecule has 9 heteroatoms. The van der Waals surface area contributed by atoms with Crippen molar-refractivity contribution in [1.82, 2.24) is 9.80 Å². The molecule has 0 amide bonds. The van der Waals surface area contributed by atoms with Gasteiger partial charge in [-0.2, -0.15) is 0 Å². The van der Waals surface area contributed by atoms with E-state index in [0.717, 1.165) is 56.9 Å². The SMILES string of the molecule is CCOc1ccc(CN2CCC(N3CCN(c4ccccc4OC)CC3)CC2)cc1.O=C(O)C(=O)O. The summed E-state index contributed by atoms with van der Waals surface area (Å²) in [6.45, 7) is 10.6. The first-order valence-electron chi connectivity index (χ1n) is 12.4. The Balaban J connectivity index is 0.000000538. The van der Waals surface area contributed by atoms with Gasteiger partial charge in [0.25, 0.3) is 0 Å². The van der Waals surface area contributed by atoms with Gasteiger partial charge in [0, 0.05) is 38.8 Å². The Hall–Kier alpha value is -3.30. The Morgan fingerprint density at radius 1 is 0.889 bits per heavy atom. The van der Waals surface area contributed by atoms with Gasteiger partial charge >= 0.3 is 11.9 Å². The van der Waals surface area contributed by atoms with E-state index < -0.39 is 11.9 Å². The van der Waals surface area contributed by atoms with Gasteiger partial charge in [-0.1, -0.05) is 24.3 Å². The molecular weight excluding hydrogens is 462 g/mol. The van der Waals surface area contributed by atoms with Crippen LogP contribution in [-0.2, 0) is 16.1 Å². The quantitative estimate of drug-likeness (QED) is 0.557. The second kappa shape index (κ2) is 13.7. The number of rotatable bonds is 7. The molecule has 0 spiro atoms. The second-order valence-corrected chi connectivity index (χ2v) is 8.89. The number of carboxylic acid groups (broad SMARTS) is 2. The van der Waals surface area contributed by atoms with Gasteiger partial charge in [0.2, 0.25) is 0 Å². The van der Waals surface area contributed by atoms with Gasteiger partial charge in [0.1, 0.15) is 11.5 Å². The number of carboxylic acids is 2. The summed E-state index contributed by atoms with van der Waals surface area (Å²) in [5, 5.41) is 14.8. The van der Waals surface area contributed by atoms with Crippen LogP contribution in [0.5, 0.6) is 11.5 Å². The molecule has 0 saturated carbocycles. The van der Waals surface area contributed by atoms with Gasteiger partial charge in [-0.15, -0.1) is 0 Å². The number of likely N-dealkylation sites (tertiary alicyclic amines) is 1. The zero-order chi connectivity index (χ0) is 25.9. The number of piperidine rings is 1. The van der Waals surface area contributed by atoms with Crippen LogP contribution in [0.3, 0.4) is 0 Å². The molecule has 2 aliphatic rings. The smallest absolute Gasteiger partial charge is 0.414 e. The molecule has 0 bridgehead atoms. The average Bonchev–Trinajstić information content (AvgIpc) is 2.91. The van der Waals surface area contributed by atoms with Crippen LogP contribution >= 0.6 is 0 Å². The van der Waals surface area contributed by atoms with Crippen LogP contribution in [0.25, 0.3) is 0 Å². The monoisotopic (exact) mass is 499 g/mol. The predicted molar refractivity (Wildman–Crippen MR) is 138 cm³/mol. The molecule has 36 heavy (non-hydrogen) atoms. The Labute approximate surface area is 212 Å². The fourth-order valence-electron chi connectivity index (χ4n) is 4.78. The number of benzene rings is 2. The van der Waals surface area contributed by atoms with E-state index in [1.807, 2.05) is 13.0 Å². The minimum atomic E-state index is -1.82. The van der Waals surface area contributed by atoms with Crippen LogP contribution in [0.2, 0.25) is 0 Å². The number of methoxy groups -OCH3 is 1. The zero-order valence-electron chi connectivity index (χ0n) is 21.1. The number of anilines is 1. The Morgan fingerprint density at radius 2 is 1.50 bits per heavy atom. The first-order chi connectivity index (χ1) is 17.4. The molecule has 2 heterocycles. The van der Waals surface area contributed by atoms with Crippen LogP contribution in [0, 0.1) is 0 Å². The van der Waals surface area contributed by atoms with Crippen LogP contribution in [0.1, 0.15) is 25.3 Å². The molecule has 2 aromatic rings. The molecular formula is C27H37N3O6. The highest BCUT2D eigenvalue weighted by Crippen LogP contribution is 2.29. The third kappa shape index (κ3) is 7.86. The average molecular weight is 500 g/mol. The molecule has 0 aromatic heterocycles. The Bertz CT molecular complexity index is 956. The number of hydrogen-bond acceptors (Lipinski definition) is 7. The Morgan fingerprint density at radius 3 is 2.06 bits per heavy atom. The highest BCUT2D eigenvalue weighted by Gasteiger charge is 2.28. The first-order valence-corrected chi connectivity index (χ1v) is 12.4. The Kier molecular flexibility index (Phi) is 10.4.